The summed E-state index contributed by atoms with van der Waals surface area (Å²) in [4.78, 5) is 11.4. The summed E-state index contributed by atoms with van der Waals surface area (Å²) in [6.45, 7) is 1.99. The van der Waals surface area contributed by atoms with E-state index in [9.17, 15) is 4.79 Å². The molecule has 1 aromatic carbocycles. The molecule has 0 bridgehead atoms. The van der Waals surface area contributed by atoms with E-state index in [1.54, 1.807) is 0 Å². The molecule has 0 aliphatic rings. The Morgan fingerprint density at radius 2 is 2.00 bits per heavy atom. The summed E-state index contributed by atoms with van der Waals surface area (Å²) >= 11 is 0. The summed E-state index contributed by atoms with van der Waals surface area (Å²) in [7, 11) is 0. The first kappa shape index (κ1) is 10.9. The average Bonchev–Trinajstić information content (AvgIpc) is 2.19. The van der Waals surface area contributed by atoms with Gasteiger partial charge in [-0.3, -0.25) is 4.79 Å². The van der Waals surface area contributed by atoms with Gasteiger partial charge in [0.2, 0.25) is 0 Å². The first-order valence-corrected chi connectivity index (χ1v) is 5.06. The van der Waals surface area contributed by atoms with Crippen molar-refractivity contribution in [2.75, 3.05) is 0 Å². The van der Waals surface area contributed by atoms with E-state index in [4.69, 9.17) is 5.73 Å². The molecule has 0 heterocycles. The van der Waals surface area contributed by atoms with Crippen LogP contribution in [0.3, 0.4) is 0 Å². The number of Topliss-reactive ketones (excluding diaryl/α,β-unsaturated/α-hetero) is 1. The van der Waals surface area contributed by atoms with Crippen LogP contribution in [0.5, 0.6) is 0 Å². The molecule has 0 amide bonds. The highest BCUT2D eigenvalue weighted by molar-refractivity contribution is 5.83. The zero-order chi connectivity index (χ0) is 10.4. The third-order valence-electron chi connectivity index (χ3n) is 2.21. The molecule has 2 nitrogen and oxygen atoms in total. The summed E-state index contributed by atoms with van der Waals surface area (Å²) in [6.07, 6.45) is 2.12. The van der Waals surface area contributed by atoms with Gasteiger partial charge in [0.1, 0.15) is 5.78 Å². The Hall–Kier alpha value is -1.15. The third kappa shape index (κ3) is 3.30. The van der Waals surface area contributed by atoms with Crippen molar-refractivity contribution in [1.82, 2.24) is 0 Å². The topological polar surface area (TPSA) is 43.1 Å². The predicted molar refractivity (Wildman–Crippen MR) is 58.0 cm³/mol. The van der Waals surface area contributed by atoms with Gasteiger partial charge < -0.3 is 5.73 Å². The van der Waals surface area contributed by atoms with E-state index in [0.717, 1.165) is 12.0 Å². The normalized spacial score (nSPS) is 12.4. The van der Waals surface area contributed by atoms with Crippen LogP contribution in [0.15, 0.2) is 30.3 Å². The second kappa shape index (κ2) is 5.55. The molecule has 1 atom stereocenters. The fourth-order valence-corrected chi connectivity index (χ4v) is 1.41. The summed E-state index contributed by atoms with van der Waals surface area (Å²) in [5, 5.41) is 0. The second-order valence-electron chi connectivity index (χ2n) is 3.51. The maximum atomic E-state index is 11.4. The van der Waals surface area contributed by atoms with Crippen LogP contribution < -0.4 is 5.73 Å². The number of rotatable bonds is 5. The Morgan fingerprint density at radius 1 is 1.36 bits per heavy atom. The molecule has 0 saturated heterocycles. The smallest absolute Gasteiger partial charge is 0.149 e. The van der Waals surface area contributed by atoms with Gasteiger partial charge in [-0.1, -0.05) is 37.3 Å². The van der Waals surface area contributed by atoms with Gasteiger partial charge in [-0.25, -0.2) is 0 Å². The van der Waals surface area contributed by atoms with Gasteiger partial charge in [0.05, 0.1) is 6.04 Å². The van der Waals surface area contributed by atoms with Crippen LogP contribution in [0.1, 0.15) is 25.3 Å². The van der Waals surface area contributed by atoms with Gasteiger partial charge in [0.15, 0.2) is 0 Å². The molecule has 76 valence electrons. The number of carbonyl (C=O) groups excluding carboxylic acids is 1. The Labute approximate surface area is 85.1 Å². The first-order chi connectivity index (χ1) is 6.74. The summed E-state index contributed by atoms with van der Waals surface area (Å²) < 4.78 is 0. The fraction of sp³-hybridized carbons (Fsp3) is 0.417. The van der Waals surface area contributed by atoms with E-state index in [0.29, 0.717) is 12.8 Å². The van der Waals surface area contributed by atoms with Gasteiger partial charge in [0.25, 0.3) is 0 Å². The van der Waals surface area contributed by atoms with Crippen LogP contribution in [0.25, 0.3) is 0 Å². The predicted octanol–water partition coefficient (Wildman–Crippen LogP) is 1.93. The van der Waals surface area contributed by atoms with Gasteiger partial charge in [-0.2, -0.15) is 0 Å². The maximum absolute atomic E-state index is 11.4. The largest absolute Gasteiger partial charge is 0.321 e. The summed E-state index contributed by atoms with van der Waals surface area (Å²) in [6, 6.07) is 9.55. The Morgan fingerprint density at radius 3 is 2.57 bits per heavy atom. The minimum absolute atomic E-state index is 0.163. The van der Waals surface area contributed by atoms with E-state index >= 15 is 0 Å². The Balaban J connectivity index is 2.49. The molecule has 1 aromatic rings. The van der Waals surface area contributed by atoms with Crippen LogP contribution in [-0.4, -0.2) is 11.8 Å². The van der Waals surface area contributed by atoms with Gasteiger partial charge >= 0.3 is 0 Å². The lowest BCUT2D eigenvalue weighted by Gasteiger charge is -2.09. The Bertz CT molecular complexity index is 282. The lowest BCUT2D eigenvalue weighted by atomic mass is 10.0. The molecule has 14 heavy (non-hydrogen) atoms. The molecule has 0 saturated carbocycles. The van der Waals surface area contributed by atoms with E-state index in [1.807, 2.05) is 37.3 Å². The monoisotopic (exact) mass is 191 g/mol. The van der Waals surface area contributed by atoms with Crippen molar-refractivity contribution in [3.05, 3.63) is 35.9 Å². The molecule has 2 N–H and O–H groups in total. The van der Waals surface area contributed by atoms with Crippen LogP contribution >= 0.6 is 0 Å². The highest BCUT2D eigenvalue weighted by Gasteiger charge is 2.12. The molecule has 0 aromatic heterocycles. The van der Waals surface area contributed by atoms with E-state index in [1.165, 1.54) is 0 Å². The zero-order valence-corrected chi connectivity index (χ0v) is 8.57. The van der Waals surface area contributed by atoms with E-state index in [-0.39, 0.29) is 11.8 Å². The van der Waals surface area contributed by atoms with Crippen molar-refractivity contribution in [3.8, 4) is 0 Å². The SMILES string of the molecule is CCCC(=O)[C@@H](N)Cc1ccccc1. The van der Waals surface area contributed by atoms with Crippen LogP contribution in [0.4, 0.5) is 0 Å². The maximum Gasteiger partial charge on any atom is 0.149 e. The zero-order valence-electron chi connectivity index (χ0n) is 8.57. The van der Waals surface area contributed by atoms with Crippen LogP contribution in [-0.2, 0) is 11.2 Å². The number of hydrogen-bond acceptors (Lipinski definition) is 2. The fourth-order valence-electron chi connectivity index (χ4n) is 1.41. The molecule has 0 spiro atoms. The van der Waals surface area contributed by atoms with Gasteiger partial charge in [-0.05, 0) is 18.4 Å². The molecule has 0 radical (unpaired) electrons. The quantitative estimate of drug-likeness (QED) is 0.772. The standard InChI is InChI=1S/C12H17NO/c1-2-6-12(14)11(13)9-10-7-4-3-5-8-10/h3-5,7-8,11H,2,6,9,13H2,1H3/t11-/m0/s1. The average molecular weight is 191 g/mol. The number of ketones is 1. The molecule has 2 heteroatoms. The minimum Gasteiger partial charge on any atom is -0.321 e. The molecule has 0 fully saturated rings. The summed E-state index contributed by atoms with van der Waals surface area (Å²) in [5.74, 6) is 0.163. The van der Waals surface area contributed by atoms with Crippen molar-refractivity contribution in [1.29, 1.82) is 0 Å². The second-order valence-corrected chi connectivity index (χ2v) is 3.51. The molecule has 0 aliphatic carbocycles. The minimum atomic E-state index is -0.336. The number of benzene rings is 1. The van der Waals surface area contributed by atoms with E-state index in [2.05, 4.69) is 0 Å². The van der Waals surface area contributed by atoms with Crippen molar-refractivity contribution in [2.45, 2.75) is 32.2 Å². The van der Waals surface area contributed by atoms with Crippen molar-refractivity contribution >= 4 is 5.78 Å². The van der Waals surface area contributed by atoms with Crippen molar-refractivity contribution < 1.29 is 4.79 Å². The summed E-state index contributed by atoms with van der Waals surface area (Å²) in [5.41, 5.74) is 6.91. The van der Waals surface area contributed by atoms with Crippen LogP contribution in [0, 0.1) is 0 Å². The number of nitrogens with two attached hydrogens (primary N) is 1. The highest BCUT2D eigenvalue weighted by Crippen LogP contribution is 2.04. The lowest BCUT2D eigenvalue weighted by molar-refractivity contribution is -0.120. The molecular formula is C12H17NO. The number of carbonyl (C=O) groups is 1. The highest BCUT2D eigenvalue weighted by atomic mass is 16.1. The molecule has 1 rings (SSSR count). The first-order valence-electron chi connectivity index (χ1n) is 5.06. The molecule has 0 unspecified atom stereocenters. The molecule has 0 aliphatic heterocycles. The molecular weight excluding hydrogens is 174 g/mol. The van der Waals surface area contributed by atoms with Gasteiger partial charge in [0, 0.05) is 6.42 Å². The van der Waals surface area contributed by atoms with Crippen LogP contribution in [0.2, 0.25) is 0 Å². The lowest BCUT2D eigenvalue weighted by Crippen LogP contribution is -2.32. The van der Waals surface area contributed by atoms with Crippen molar-refractivity contribution in [2.24, 2.45) is 5.73 Å². The number of hydrogen-bond donors (Lipinski definition) is 1. The third-order valence-corrected chi connectivity index (χ3v) is 2.21. The van der Waals surface area contributed by atoms with Gasteiger partial charge in [-0.15, -0.1) is 0 Å². The Kier molecular flexibility index (Phi) is 4.33. The van der Waals surface area contributed by atoms with E-state index < -0.39 is 0 Å². The van der Waals surface area contributed by atoms with Crippen molar-refractivity contribution in [3.63, 3.8) is 0 Å².